The Labute approximate surface area is 149 Å². The van der Waals surface area contributed by atoms with Gasteiger partial charge in [-0.2, -0.15) is 0 Å². The van der Waals surface area contributed by atoms with E-state index >= 15 is 0 Å². The second kappa shape index (κ2) is 7.75. The first-order valence-corrected chi connectivity index (χ1v) is 9.53. The molecule has 0 unspecified atom stereocenters. The molecule has 0 radical (unpaired) electrons. The molecule has 3 heterocycles. The van der Waals surface area contributed by atoms with Crippen LogP contribution in [0.4, 0.5) is 0 Å². The maximum absolute atomic E-state index is 13.0. The molecule has 1 amide bonds. The number of fused-ring (bicyclic) bond motifs is 1. The van der Waals surface area contributed by atoms with Gasteiger partial charge in [0.05, 0.1) is 25.2 Å². The van der Waals surface area contributed by atoms with E-state index in [1.165, 1.54) is 5.56 Å². The highest BCUT2D eigenvalue weighted by Gasteiger charge is 2.27. The zero-order valence-corrected chi connectivity index (χ0v) is 14.7. The SMILES string of the molecule is O=C(Cc1ccc2c(c1)CCO2)N(C[C@H]1CCCO1)C[C@H]1CCCO1. The molecular formula is C20H27NO4. The Hall–Kier alpha value is -1.59. The Balaban J connectivity index is 1.42. The van der Waals surface area contributed by atoms with Crippen LogP contribution in [-0.4, -0.2) is 55.9 Å². The van der Waals surface area contributed by atoms with Crippen LogP contribution in [0.3, 0.4) is 0 Å². The number of carbonyl (C=O) groups excluding carboxylic acids is 1. The van der Waals surface area contributed by atoms with Crippen molar-refractivity contribution < 1.29 is 19.0 Å². The molecule has 136 valence electrons. The smallest absolute Gasteiger partial charge is 0.227 e. The van der Waals surface area contributed by atoms with E-state index in [-0.39, 0.29) is 18.1 Å². The van der Waals surface area contributed by atoms with E-state index in [1.54, 1.807) is 0 Å². The van der Waals surface area contributed by atoms with Crippen molar-refractivity contribution in [2.24, 2.45) is 0 Å². The van der Waals surface area contributed by atoms with Gasteiger partial charge in [-0.25, -0.2) is 0 Å². The Morgan fingerprint density at radius 1 is 1.04 bits per heavy atom. The van der Waals surface area contributed by atoms with Gasteiger partial charge in [0.2, 0.25) is 5.91 Å². The van der Waals surface area contributed by atoms with E-state index in [9.17, 15) is 4.79 Å². The van der Waals surface area contributed by atoms with Crippen LogP contribution in [0.15, 0.2) is 18.2 Å². The molecule has 5 heteroatoms. The van der Waals surface area contributed by atoms with E-state index in [1.807, 2.05) is 17.0 Å². The van der Waals surface area contributed by atoms with Crippen LogP contribution in [0.1, 0.15) is 36.8 Å². The third-order valence-electron chi connectivity index (χ3n) is 5.36. The van der Waals surface area contributed by atoms with Crippen LogP contribution in [0.2, 0.25) is 0 Å². The van der Waals surface area contributed by atoms with E-state index in [2.05, 4.69) is 6.07 Å². The first-order chi connectivity index (χ1) is 12.3. The first-order valence-electron chi connectivity index (χ1n) is 9.53. The second-order valence-electron chi connectivity index (χ2n) is 7.29. The summed E-state index contributed by atoms with van der Waals surface area (Å²) in [6, 6.07) is 6.13. The molecule has 3 aliphatic heterocycles. The normalized spacial score (nSPS) is 25.0. The standard InChI is InChI=1S/C20H27NO4/c22-20(12-15-5-6-19-16(11-15)7-10-25-19)21(13-17-3-1-8-23-17)14-18-4-2-9-24-18/h5-6,11,17-18H,1-4,7-10,12-14H2/t17-,18-/m1/s1. The van der Waals surface area contributed by atoms with Crippen LogP contribution in [0, 0.1) is 0 Å². The van der Waals surface area contributed by atoms with E-state index < -0.39 is 0 Å². The molecular weight excluding hydrogens is 318 g/mol. The largest absolute Gasteiger partial charge is 0.493 e. The molecule has 2 saturated heterocycles. The monoisotopic (exact) mass is 345 g/mol. The molecule has 5 nitrogen and oxygen atoms in total. The molecule has 3 aliphatic rings. The number of hydrogen-bond donors (Lipinski definition) is 0. The third kappa shape index (κ3) is 4.15. The summed E-state index contributed by atoms with van der Waals surface area (Å²) in [6.07, 6.45) is 6.02. The Morgan fingerprint density at radius 2 is 1.76 bits per heavy atom. The van der Waals surface area contributed by atoms with Gasteiger partial charge in [-0.05, 0) is 42.9 Å². The van der Waals surface area contributed by atoms with E-state index in [4.69, 9.17) is 14.2 Å². The molecule has 2 fully saturated rings. The number of ether oxygens (including phenoxy) is 3. The fourth-order valence-electron chi connectivity index (χ4n) is 3.98. The number of rotatable bonds is 6. The van der Waals surface area contributed by atoms with Crippen LogP contribution in [0.5, 0.6) is 5.75 Å². The number of benzene rings is 1. The highest BCUT2D eigenvalue weighted by Crippen LogP contribution is 2.26. The van der Waals surface area contributed by atoms with Crippen molar-refractivity contribution in [2.45, 2.75) is 50.7 Å². The van der Waals surface area contributed by atoms with Crippen molar-refractivity contribution >= 4 is 5.91 Å². The van der Waals surface area contributed by atoms with Crippen molar-refractivity contribution in [1.82, 2.24) is 4.90 Å². The van der Waals surface area contributed by atoms with Gasteiger partial charge in [0.1, 0.15) is 5.75 Å². The average Bonchev–Trinajstić information content (AvgIpc) is 3.36. The van der Waals surface area contributed by atoms with Crippen molar-refractivity contribution in [3.8, 4) is 5.75 Å². The van der Waals surface area contributed by atoms with Gasteiger partial charge in [0.25, 0.3) is 0 Å². The highest BCUT2D eigenvalue weighted by atomic mass is 16.5. The molecule has 0 aliphatic carbocycles. The zero-order valence-electron chi connectivity index (χ0n) is 14.7. The summed E-state index contributed by atoms with van der Waals surface area (Å²) >= 11 is 0. The molecule has 2 atom stereocenters. The molecule has 0 aromatic heterocycles. The van der Waals surface area contributed by atoms with Crippen molar-refractivity contribution in [1.29, 1.82) is 0 Å². The van der Waals surface area contributed by atoms with Crippen molar-refractivity contribution in [3.05, 3.63) is 29.3 Å². The fourth-order valence-corrected chi connectivity index (χ4v) is 3.98. The van der Waals surface area contributed by atoms with Gasteiger partial charge in [-0.15, -0.1) is 0 Å². The van der Waals surface area contributed by atoms with Crippen molar-refractivity contribution in [2.75, 3.05) is 32.9 Å². The molecule has 1 aromatic carbocycles. The quantitative estimate of drug-likeness (QED) is 0.794. The van der Waals surface area contributed by atoms with Crippen molar-refractivity contribution in [3.63, 3.8) is 0 Å². The van der Waals surface area contributed by atoms with E-state index in [0.717, 1.165) is 63.2 Å². The molecule has 0 bridgehead atoms. The maximum atomic E-state index is 13.0. The molecule has 0 saturated carbocycles. The minimum Gasteiger partial charge on any atom is -0.493 e. The Kier molecular flexibility index (Phi) is 5.22. The lowest BCUT2D eigenvalue weighted by Crippen LogP contribution is -2.42. The lowest BCUT2D eigenvalue weighted by atomic mass is 10.1. The third-order valence-corrected chi connectivity index (χ3v) is 5.36. The summed E-state index contributed by atoms with van der Waals surface area (Å²) in [7, 11) is 0. The van der Waals surface area contributed by atoms with Gasteiger partial charge in [-0.1, -0.05) is 12.1 Å². The van der Waals surface area contributed by atoms with Crippen LogP contribution in [0.25, 0.3) is 0 Å². The minimum absolute atomic E-state index is 0.171. The zero-order chi connectivity index (χ0) is 17.1. The summed E-state index contributed by atoms with van der Waals surface area (Å²) in [6.45, 7) is 3.76. The van der Waals surface area contributed by atoms with Gasteiger partial charge >= 0.3 is 0 Å². The predicted molar refractivity (Wildman–Crippen MR) is 93.9 cm³/mol. The summed E-state index contributed by atoms with van der Waals surface area (Å²) < 4.78 is 17.1. The van der Waals surface area contributed by atoms with E-state index in [0.29, 0.717) is 19.5 Å². The second-order valence-corrected chi connectivity index (χ2v) is 7.29. The van der Waals surface area contributed by atoms with Gasteiger partial charge in [-0.3, -0.25) is 4.79 Å². The fraction of sp³-hybridized carbons (Fsp3) is 0.650. The first kappa shape index (κ1) is 16.9. The summed E-state index contributed by atoms with van der Waals surface area (Å²) in [5, 5.41) is 0. The number of nitrogens with zero attached hydrogens (tertiary/aromatic N) is 1. The lowest BCUT2D eigenvalue weighted by molar-refractivity contribution is -0.133. The van der Waals surface area contributed by atoms with Gasteiger partial charge in [0.15, 0.2) is 0 Å². The number of carbonyl (C=O) groups is 1. The number of amides is 1. The summed E-state index contributed by atoms with van der Waals surface area (Å²) in [5.41, 5.74) is 2.29. The summed E-state index contributed by atoms with van der Waals surface area (Å²) in [5.74, 6) is 1.14. The highest BCUT2D eigenvalue weighted by molar-refractivity contribution is 5.79. The molecule has 25 heavy (non-hydrogen) atoms. The minimum atomic E-state index is 0.171. The topological polar surface area (TPSA) is 48.0 Å². The molecule has 0 N–H and O–H groups in total. The molecule has 4 rings (SSSR count). The molecule has 1 aromatic rings. The lowest BCUT2D eigenvalue weighted by Gasteiger charge is -2.28. The summed E-state index contributed by atoms with van der Waals surface area (Å²) in [4.78, 5) is 14.9. The maximum Gasteiger partial charge on any atom is 0.227 e. The average molecular weight is 345 g/mol. The van der Waals surface area contributed by atoms with Gasteiger partial charge in [0, 0.05) is 32.7 Å². The Bertz CT molecular complexity index is 588. The Morgan fingerprint density at radius 3 is 2.40 bits per heavy atom. The molecule has 0 spiro atoms. The van der Waals surface area contributed by atoms with Crippen LogP contribution >= 0.6 is 0 Å². The van der Waals surface area contributed by atoms with Crippen LogP contribution < -0.4 is 4.74 Å². The predicted octanol–water partition coefficient (Wildman–Crippen LogP) is 2.35. The van der Waals surface area contributed by atoms with Crippen LogP contribution in [-0.2, 0) is 27.1 Å². The van der Waals surface area contributed by atoms with Gasteiger partial charge < -0.3 is 19.1 Å². The number of hydrogen-bond acceptors (Lipinski definition) is 4.